The lowest BCUT2D eigenvalue weighted by molar-refractivity contribution is -0.383. The van der Waals surface area contributed by atoms with Gasteiger partial charge in [-0.25, -0.2) is 9.97 Å². The average Bonchev–Trinajstić information content (AvgIpc) is 3.32. The molecule has 0 fully saturated rings. The van der Waals surface area contributed by atoms with Gasteiger partial charge in [-0.3, -0.25) is 29.8 Å². The van der Waals surface area contributed by atoms with E-state index >= 15 is 0 Å². The summed E-state index contributed by atoms with van der Waals surface area (Å²) in [5.41, 5.74) is 12.6. The zero-order valence-electron chi connectivity index (χ0n) is 39.5. The molecule has 0 atom stereocenters. The van der Waals surface area contributed by atoms with Crippen molar-refractivity contribution in [1.82, 2.24) is 19.9 Å². The molecule has 0 aliphatic rings. The zero-order chi connectivity index (χ0) is 53.2. The number of hydrogen-bond acceptors (Lipinski definition) is 20. The molecule has 0 bridgehead atoms. The van der Waals surface area contributed by atoms with E-state index in [1.165, 1.54) is 22.6 Å². The van der Waals surface area contributed by atoms with Crippen LogP contribution in [-0.2, 0) is 32.2 Å². The summed E-state index contributed by atoms with van der Waals surface area (Å²) < 4.78 is 9.95. The minimum Gasteiger partial charge on any atom is -0.465 e. The number of carbonyl (C=O) groups is 2. The molecule has 0 unspecified atom stereocenters. The van der Waals surface area contributed by atoms with Crippen molar-refractivity contribution in [1.29, 1.82) is 10.5 Å². The van der Waals surface area contributed by atoms with Crippen LogP contribution in [0.2, 0.25) is 12.1 Å². The van der Waals surface area contributed by atoms with Crippen molar-refractivity contribution in [3.63, 3.8) is 0 Å². The number of hydrogen-bond donors (Lipinski definition) is 4. The lowest BCUT2D eigenvalue weighted by Crippen LogP contribution is -2.32. The Morgan fingerprint density at radius 1 is 0.786 bits per heavy atom. The predicted octanol–water partition coefficient (Wildman–Crippen LogP) is 6.09. The van der Waals surface area contributed by atoms with Gasteiger partial charge in [-0.2, -0.15) is 20.5 Å². The zero-order valence-corrected chi connectivity index (χ0v) is 40.2. The van der Waals surface area contributed by atoms with Crippen molar-refractivity contribution >= 4 is 79.2 Å². The molecule has 0 aliphatic heterocycles. The Hall–Kier alpha value is -8.10. The number of carbonyl (C=O) groups excluding carboxylic acids is 2. The Bertz CT molecular complexity index is 2480. The van der Waals surface area contributed by atoms with Gasteiger partial charge in [0.1, 0.15) is 13.1 Å². The number of nitrogen functional groups attached to an aromatic ring is 2. The summed E-state index contributed by atoms with van der Waals surface area (Å²) in [7, 11) is 3.22. The monoisotopic (exact) mass is 980 g/mol. The molecule has 0 saturated heterocycles. The fraction of sp³-hybridized carbons (Fsp3) is 0.333. The van der Waals surface area contributed by atoms with E-state index in [-0.39, 0.29) is 68.0 Å². The number of nitrogens with two attached hydrogens (primary N) is 2. The highest BCUT2D eigenvalue weighted by Crippen LogP contribution is 2.34. The number of allylic oxidation sites excluding steroid dienone is 2. The lowest BCUT2D eigenvalue weighted by Gasteiger charge is -2.23. The van der Waals surface area contributed by atoms with Gasteiger partial charge in [-0.1, -0.05) is 75.9 Å². The van der Waals surface area contributed by atoms with Crippen molar-refractivity contribution in [2.45, 2.75) is 73.3 Å². The third kappa shape index (κ3) is 22.6. The molecule has 2 radical (unpaired) electrons. The van der Waals surface area contributed by atoms with Gasteiger partial charge in [0, 0.05) is 13.1 Å². The molecule has 0 aliphatic carbocycles. The van der Waals surface area contributed by atoms with Gasteiger partial charge in [-0.15, -0.1) is 12.8 Å². The van der Waals surface area contributed by atoms with E-state index in [2.05, 4.69) is 40.6 Å². The van der Waals surface area contributed by atoms with Crippen LogP contribution in [0.15, 0.2) is 66.7 Å². The maximum Gasteiger partial charge on any atom is 0.480 e. The maximum absolute atomic E-state index is 12.2. The topological polar surface area (TPSA) is 337 Å². The largest absolute Gasteiger partial charge is 0.480 e. The quantitative estimate of drug-likeness (QED) is 0.0194. The summed E-state index contributed by atoms with van der Waals surface area (Å²) in [6, 6.07) is 17.3. The van der Waals surface area contributed by atoms with Crippen molar-refractivity contribution in [2.75, 3.05) is 47.6 Å². The third-order valence-corrected chi connectivity index (χ3v) is 8.50. The second-order valence-corrected chi connectivity index (χ2v) is 13.8. The van der Waals surface area contributed by atoms with E-state index in [1.54, 1.807) is 74.5 Å². The molecule has 0 saturated carbocycles. The molecule has 6 N–H and O–H groups in total. The number of anilines is 4. The summed E-state index contributed by atoms with van der Waals surface area (Å²) in [5.74, 6) is -0.655. The molecular weight excluding hydrogens is 926 g/mol. The summed E-state index contributed by atoms with van der Waals surface area (Å²) in [6.45, 7) is 8.64. The number of ether oxygens (including phenoxy) is 2. The van der Waals surface area contributed by atoms with Gasteiger partial charge >= 0.3 is 30.4 Å². The van der Waals surface area contributed by atoms with E-state index in [0.29, 0.717) is 22.3 Å². The highest BCUT2D eigenvalue weighted by atomic mass is 35.5. The molecule has 368 valence electrons. The fourth-order valence-corrected chi connectivity index (χ4v) is 5.74. The standard InChI is InChI=1S/C21H24N6O4.C16H15ClN6O4.C5H11BO2.C2H2.CH3B/c1-3-5-6-10-17-24-20(23)19(27(29)30)21(25-17)26(14-18(28)31-4-2)13-16-9-7-8-15(11-16)12-22;1-2-27-12(24)9-22(8-11-5-3-4-10(6-11)7-18)15-13(23(25)26)14(19)20-16(17)21-15;1-2-3-4-5-6(7)8;2*1-2/h6-11H,3-5,13-14H2,1-2H3,(H2,23,24,25);3-6H,2,8-9H2,1H3,(H2,19,20,21);4-5,7-8H,2-3H2,1H3;1-2H;1H3/b10-6+;;5-4+;;. The minimum absolute atomic E-state index is 0.0297. The number of rotatable bonds is 20. The Morgan fingerprint density at radius 3 is 1.61 bits per heavy atom. The highest BCUT2D eigenvalue weighted by Gasteiger charge is 2.30. The first kappa shape index (κ1) is 61.9. The van der Waals surface area contributed by atoms with Gasteiger partial charge in [0.05, 0.1) is 54.2 Å². The van der Waals surface area contributed by atoms with Crippen LogP contribution in [0.4, 0.5) is 34.6 Å². The van der Waals surface area contributed by atoms with E-state index in [1.807, 2.05) is 32.1 Å². The van der Waals surface area contributed by atoms with Crippen LogP contribution in [0, 0.1) is 55.7 Å². The number of benzene rings is 2. The number of terminal acetylenes is 1. The van der Waals surface area contributed by atoms with Crippen LogP contribution in [0.25, 0.3) is 6.08 Å². The fourth-order valence-electron chi connectivity index (χ4n) is 5.57. The molecule has 4 aromatic rings. The summed E-state index contributed by atoms with van der Waals surface area (Å²) in [4.78, 5) is 64.5. The van der Waals surface area contributed by atoms with Gasteiger partial charge in [0.25, 0.3) is 0 Å². The summed E-state index contributed by atoms with van der Waals surface area (Å²) in [6.07, 6.45) is 16.9. The number of unbranched alkanes of at least 4 members (excludes halogenated alkanes) is 2. The molecule has 2 aromatic carbocycles. The minimum atomic E-state index is -1.28. The number of nitriles is 2. The van der Waals surface area contributed by atoms with Crippen LogP contribution in [0.1, 0.15) is 81.5 Å². The third-order valence-electron chi connectivity index (χ3n) is 8.33. The maximum atomic E-state index is 12.2. The Balaban J connectivity index is 0.00000111. The van der Waals surface area contributed by atoms with Gasteiger partial charge in [-0.05, 0) is 79.8 Å². The summed E-state index contributed by atoms with van der Waals surface area (Å²) in [5, 5.41) is 57.5. The Morgan fingerprint density at radius 2 is 1.21 bits per heavy atom. The van der Waals surface area contributed by atoms with Crippen molar-refractivity contribution in [3.8, 4) is 25.0 Å². The first-order valence-electron chi connectivity index (χ1n) is 21.2. The lowest BCUT2D eigenvalue weighted by atomic mass is 9.91. The number of esters is 2. The molecule has 22 nitrogen and oxygen atoms in total. The molecule has 4 rings (SSSR count). The number of nitro groups is 2. The number of nitrogens with zero attached hydrogens (tertiary/aromatic N) is 10. The smallest absolute Gasteiger partial charge is 0.465 e. The number of halogens is 1. The molecule has 2 heterocycles. The first-order chi connectivity index (χ1) is 33.5. The van der Waals surface area contributed by atoms with Gasteiger partial charge in [0.2, 0.25) is 28.6 Å². The van der Waals surface area contributed by atoms with Crippen LogP contribution >= 0.6 is 11.6 Å². The Labute approximate surface area is 413 Å². The van der Waals surface area contributed by atoms with Gasteiger partial charge < -0.3 is 40.8 Å². The van der Waals surface area contributed by atoms with Gasteiger partial charge in [0.15, 0.2) is 5.82 Å². The van der Waals surface area contributed by atoms with E-state index in [4.69, 9.17) is 53.1 Å². The van der Waals surface area contributed by atoms with E-state index in [9.17, 15) is 29.8 Å². The molecular formula is C45H55B2ClN12O10. The SMILES string of the molecule is C#C.CCC/C=C/B(O)O.CCC/C=C/c1nc(N)c([N+](=O)[O-])c(N(CC(=O)OCC)Cc2cccc(C#N)c2)n1.CCOC(=O)CN(Cc1cccc(C#N)c1)c1nc(Cl)nc(N)c1[N+](=O)[O-].[B]C. The second-order valence-electron chi connectivity index (χ2n) is 13.5. The van der Waals surface area contributed by atoms with Crippen LogP contribution < -0.4 is 21.3 Å². The van der Waals surface area contributed by atoms with E-state index in [0.717, 1.165) is 25.7 Å². The Kier molecular flexibility index (Phi) is 31.0. The summed E-state index contributed by atoms with van der Waals surface area (Å²) >= 11 is 5.81. The van der Waals surface area contributed by atoms with E-state index < -0.39 is 46.1 Å². The van der Waals surface area contributed by atoms with Crippen LogP contribution in [0.5, 0.6) is 0 Å². The van der Waals surface area contributed by atoms with Crippen molar-refractivity contribution in [2.24, 2.45) is 0 Å². The van der Waals surface area contributed by atoms with Crippen LogP contribution in [-0.4, -0.2) is 93.0 Å². The van der Waals surface area contributed by atoms with Crippen LogP contribution in [0.3, 0.4) is 0 Å². The molecule has 2 aromatic heterocycles. The average molecular weight is 981 g/mol. The molecule has 0 spiro atoms. The number of aromatic nitrogens is 4. The molecule has 0 amide bonds. The van der Waals surface area contributed by atoms with Crippen molar-refractivity contribution in [3.05, 3.63) is 120 Å². The predicted molar refractivity (Wildman–Crippen MR) is 269 cm³/mol. The molecule has 25 heteroatoms. The second kappa shape index (κ2) is 35.1. The van der Waals surface area contributed by atoms with Crippen molar-refractivity contribution < 1.29 is 39.0 Å². The molecule has 70 heavy (non-hydrogen) atoms. The first-order valence-corrected chi connectivity index (χ1v) is 21.6. The normalized spacial score (nSPS) is 9.89. The highest BCUT2D eigenvalue weighted by molar-refractivity contribution is 6.47.